The Morgan fingerprint density at radius 2 is 1.15 bits per heavy atom. The van der Waals surface area contributed by atoms with Crippen LogP contribution >= 0.6 is 0 Å². The lowest BCUT2D eigenvalue weighted by Gasteiger charge is -2.38. The van der Waals surface area contributed by atoms with Crippen LogP contribution in [0, 0.1) is 0 Å². The molecule has 0 aliphatic carbocycles. The minimum atomic E-state index is -4.24. The second-order valence-corrected chi connectivity index (χ2v) is 19.1. The van der Waals surface area contributed by atoms with E-state index in [-0.39, 0.29) is 24.3 Å². The molecule has 8 heteroatoms. The number of benzene rings is 1. The van der Waals surface area contributed by atoms with Crippen LogP contribution in [0.5, 0.6) is 0 Å². The highest BCUT2D eigenvalue weighted by molar-refractivity contribution is 7.93. The van der Waals surface area contributed by atoms with Gasteiger partial charge in [-0.2, -0.15) is 0 Å². The summed E-state index contributed by atoms with van der Waals surface area (Å²) >= 11 is 0. The lowest BCUT2D eigenvalue weighted by molar-refractivity contribution is -0.127. The molecule has 1 aromatic rings. The summed E-state index contributed by atoms with van der Waals surface area (Å²) in [4.78, 5) is 30.2. The van der Waals surface area contributed by atoms with E-state index in [1.54, 1.807) is 65.0 Å². The maximum Gasteiger partial charge on any atom is 0.413 e. The molecule has 308 valence electrons. The number of ether oxygens (including phenoxy) is 2. The van der Waals surface area contributed by atoms with Gasteiger partial charge in [0.1, 0.15) is 22.1 Å². The monoisotopic (exact) mass is 772 g/mol. The number of nitrogens with zero attached hydrogens (tertiary/aromatic N) is 1. The zero-order valence-electron chi connectivity index (χ0n) is 35.3. The van der Waals surface area contributed by atoms with Gasteiger partial charge in [0.05, 0.1) is 11.5 Å². The molecule has 1 fully saturated rings. The van der Waals surface area contributed by atoms with Crippen LogP contribution in [0.4, 0.5) is 4.79 Å². The molecular weight excluding hydrogens is 695 g/mol. The van der Waals surface area contributed by atoms with Crippen molar-refractivity contribution in [2.75, 3.05) is 6.61 Å². The van der Waals surface area contributed by atoms with E-state index in [2.05, 4.69) is 13.8 Å². The first kappa shape index (κ1) is 47.7. The molecule has 1 atom stereocenters. The number of sulfone groups is 1. The predicted octanol–water partition coefficient (Wildman–Crippen LogP) is 12.9. The van der Waals surface area contributed by atoms with Crippen molar-refractivity contribution in [2.24, 2.45) is 0 Å². The highest BCUT2D eigenvalue weighted by Crippen LogP contribution is 2.40. The van der Waals surface area contributed by atoms with Gasteiger partial charge in [-0.05, 0) is 85.3 Å². The minimum Gasteiger partial charge on any atom is -0.444 e. The largest absolute Gasteiger partial charge is 0.444 e. The molecule has 0 bridgehead atoms. The molecule has 0 spiro atoms. The number of allylic oxidation sites excluding steroid dienone is 4. The third-order valence-electron chi connectivity index (χ3n) is 10.6. The Labute approximate surface area is 331 Å². The number of hydrogen-bond acceptors (Lipinski definition) is 6. The molecule has 54 heavy (non-hydrogen) atoms. The average Bonchev–Trinajstić information content (AvgIpc) is 3.45. The molecule has 7 nitrogen and oxygen atoms in total. The van der Waals surface area contributed by atoms with E-state index < -0.39 is 43.8 Å². The fourth-order valence-electron chi connectivity index (χ4n) is 7.35. The van der Waals surface area contributed by atoms with Crippen molar-refractivity contribution in [1.82, 2.24) is 4.90 Å². The van der Waals surface area contributed by atoms with Gasteiger partial charge in [0.15, 0.2) is 15.6 Å². The Kier molecular flexibility index (Phi) is 22.0. The second-order valence-electron chi connectivity index (χ2n) is 16.9. The first-order chi connectivity index (χ1) is 25.7. The molecule has 2 rings (SSSR count). The van der Waals surface area contributed by atoms with E-state index in [1.807, 2.05) is 24.3 Å². The summed E-state index contributed by atoms with van der Waals surface area (Å²) in [5.74, 6) is -0.539. The SMILES string of the molecule is CCCCCCCCCCC/C=C/CC(C/C=C/CCCCCCCCCCC)(C(=O)[C@@H]1COC(C)(C)N1C(=O)OC(C)(C)C)S(=O)(=O)c1ccccc1. The van der Waals surface area contributed by atoms with E-state index in [1.165, 1.54) is 94.8 Å². The zero-order chi connectivity index (χ0) is 39.9. The van der Waals surface area contributed by atoms with Crippen LogP contribution in [0.2, 0.25) is 0 Å². The van der Waals surface area contributed by atoms with Crippen LogP contribution in [-0.4, -0.2) is 53.9 Å². The molecule has 1 aliphatic heterocycles. The van der Waals surface area contributed by atoms with Crippen LogP contribution in [0.25, 0.3) is 0 Å². The van der Waals surface area contributed by atoms with Gasteiger partial charge in [-0.25, -0.2) is 13.2 Å². The summed E-state index contributed by atoms with van der Waals surface area (Å²) in [5.41, 5.74) is -1.98. The molecular formula is C46H77NO6S. The lowest BCUT2D eigenvalue weighted by Crippen LogP contribution is -2.59. The van der Waals surface area contributed by atoms with Gasteiger partial charge < -0.3 is 9.47 Å². The number of carbonyl (C=O) groups is 2. The van der Waals surface area contributed by atoms with Crippen LogP contribution in [0.3, 0.4) is 0 Å². The summed E-state index contributed by atoms with van der Waals surface area (Å²) in [6, 6.07) is 7.15. The maximum atomic E-state index is 15.1. The summed E-state index contributed by atoms with van der Waals surface area (Å²) in [6.45, 7) is 13.1. The number of rotatable bonds is 28. The quantitative estimate of drug-likeness (QED) is 0.0622. The average molecular weight is 772 g/mol. The lowest BCUT2D eigenvalue weighted by atomic mass is 9.89. The Morgan fingerprint density at radius 3 is 1.57 bits per heavy atom. The minimum absolute atomic E-state index is 0.00193. The number of carbonyl (C=O) groups excluding carboxylic acids is 2. The number of unbranched alkanes of at least 4 members (excludes halogenated alkanes) is 18. The third kappa shape index (κ3) is 16.0. The van der Waals surface area contributed by atoms with Gasteiger partial charge in [0.2, 0.25) is 0 Å². The molecule has 1 aliphatic rings. The smallest absolute Gasteiger partial charge is 0.413 e. The predicted molar refractivity (Wildman–Crippen MR) is 224 cm³/mol. The van der Waals surface area contributed by atoms with Gasteiger partial charge >= 0.3 is 6.09 Å². The summed E-state index contributed by atoms with van der Waals surface area (Å²) < 4.78 is 39.8. The van der Waals surface area contributed by atoms with Gasteiger partial charge in [0.25, 0.3) is 0 Å². The number of hydrogen-bond donors (Lipinski definition) is 0. The van der Waals surface area contributed by atoms with Crippen molar-refractivity contribution in [3.05, 3.63) is 54.6 Å². The van der Waals surface area contributed by atoms with Gasteiger partial charge in [0, 0.05) is 0 Å². The molecule has 0 aromatic heterocycles. The Balaban J connectivity index is 2.35. The maximum absolute atomic E-state index is 15.1. The van der Waals surface area contributed by atoms with Crippen molar-refractivity contribution in [1.29, 1.82) is 0 Å². The Bertz CT molecular complexity index is 1330. The zero-order valence-corrected chi connectivity index (χ0v) is 36.2. The van der Waals surface area contributed by atoms with Crippen molar-refractivity contribution in [3.63, 3.8) is 0 Å². The van der Waals surface area contributed by atoms with Crippen LogP contribution in [-0.2, 0) is 24.1 Å². The second kappa shape index (κ2) is 24.9. The normalized spacial score (nSPS) is 16.5. The molecule has 1 saturated heterocycles. The van der Waals surface area contributed by atoms with E-state index >= 15 is 4.79 Å². The fourth-order valence-corrected chi connectivity index (χ4v) is 9.35. The van der Waals surface area contributed by atoms with E-state index in [0.29, 0.717) is 0 Å². The van der Waals surface area contributed by atoms with E-state index in [0.717, 1.165) is 38.5 Å². The summed E-state index contributed by atoms with van der Waals surface area (Å²) in [5, 5.41) is 0. The van der Waals surface area contributed by atoms with Gasteiger partial charge in [-0.3, -0.25) is 9.69 Å². The van der Waals surface area contributed by atoms with Crippen molar-refractivity contribution >= 4 is 21.7 Å². The molecule has 0 unspecified atom stereocenters. The van der Waals surface area contributed by atoms with Crippen molar-refractivity contribution < 1.29 is 27.5 Å². The topological polar surface area (TPSA) is 90.0 Å². The Hall–Kier alpha value is -2.45. The standard InChI is InChI=1S/C46H77NO6S/c1-8-10-12-14-16-18-20-22-24-26-28-33-37-46(54(50,51)40-35-31-30-32-36-40,38-34-29-27-25-23-21-19-17-15-13-11-9-2)42(48)41-39-52-45(6,7)47(41)43(49)53-44(3,4)5/h28-36,41H,8-27,37-39H2,1-7H3/b33-28+,34-29+/t41-/m0/s1. The van der Waals surface area contributed by atoms with Gasteiger partial charge in [-0.1, -0.05) is 159 Å². The summed E-state index contributed by atoms with van der Waals surface area (Å²) in [7, 11) is -4.24. The molecule has 1 aromatic carbocycles. The van der Waals surface area contributed by atoms with E-state index in [4.69, 9.17) is 9.47 Å². The van der Waals surface area contributed by atoms with Crippen molar-refractivity contribution in [3.8, 4) is 0 Å². The molecule has 1 heterocycles. The summed E-state index contributed by atoms with van der Waals surface area (Å²) in [6.07, 6.45) is 31.0. The Morgan fingerprint density at radius 1 is 0.722 bits per heavy atom. The first-order valence-corrected chi connectivity index (χ1v) is 23.0. The highest BCUT2D eigenvalue weighted by Gasteiger charge is 2.58. The number of Topliss-reactive ketones (excluding diaryl/α,β-unsaturated/α-hetero) is 1. The van der Waals surface area contributed by atoms with Gasteiger partial charge in [-0.15, -0.1) is 0 Å². The van der Waals surface area contributed by atoms with Crippen LogP contribution in [0.15, 0.2) is 59.5 Å². The molecule has 0 saturated carbocycles. The van der Waals surface area contributed by atoms with E-state index in [9.17, 15) is 13.2 Å². The molecule has 1 amide bonds. The fraction of sp³-hybridized carbons (Fsp3) is 0.739. The number of ketones is 1. The highest BCUT2D eigenvalue weighted by atomic mass is 32.2. The van der Waals surface area contributed by atoms with Crippen molar-refractivity contribution in [2.45, 2.75) is 217 Å². The molecule has 0 radical (unpaired) electrons. The molecule has 0 N–H and O–H groups in total. The van der Waals surface area contributed by atoms with Crippen LogP contribution < -0.4 is 0 Å². The number of amides is 1. The first-order valence-electron chi connectivity index (χ1n) is 21.5. The third-order valence-corrected chi connectivity index (χ3v) is 13.0. The van der Waals surface area contributed by atoms with Crippen LogP contribution in [0.1, 0.15) is 190 Å².